The molecule has 0 saturated carbocycles. The minimum absolute atomic E-state index is 0.394. The zero-order valence-corrected chi connectivity index (χ0v) is 18.7. The molecular formula is C21H31N5O2S. The van der Waals surface area contributed by atoms with Crippen molar-refractivity contribution in [3.63, 3.8) is 0 Å². The maximum atomic E-state index is 11.6. The van der Waals surface area contributed by atoms with Gasteiger partial charge in [0, 0.05) is 30.6 Å². The van der Waals surface area contributed by atoms with Gasteiger partial charge in [0.15, 0.2) is 5.96 Å². The van der Waals surface area contributed by atoms with E-state index in [4.69, 9.17) is 4.74 Å². The number of benzene rings is 1. The van der Waals surface area contributed by atoms with Gasteiger partial charge in [-0.1, -0.05) is 30.3 Å². The molecule has 29 heavy (non-hydrogen) atoms. The van der Waals surface area contributed by atoms with Crippen molar-refractivity contribution < 1.29 is 9.53 Å². The summed E-state index contributed by atoms with van der Waals surface area (Å²) in [5.74, 6) is 0.719. The molecule has 0 bridgehead atoms. The van der Waals surface area contributed by atoms with Crippen molar-refractivity contribution in [1.82, 2.24) is 20.9 Å². The highest BCUT2D eigenvalue weighted by atomic mass is 32.1. The Kier molecular flexibility index (Phi) is 8.45. The summed E-state index contributed by atoms with van der Waals surface area (Å²) >= 11 is 1.69. The fraction of sp³-hybridized carbons (Fsp3) is 0.476. The number of hydrogen-bond acceptors (Lipinski definition) is 5. The molecule has 0 aliphatic rings. The van der Waals surface area contributed by atoms with E-state index in [0.717, 1.165) is 28.6 Å². The lowest BCUT2D eigenvalue weighted by molar-refractivity contribution is 0.0527. The van der Waals surface area contributed by atoms with Crippen molar-refractivity contribution in [1.29, 1.82) is 0 Å². The number of aliphatic imine (C=N–C) groups is 1. The minimum Gasteiger partial charge on any atom is -0.444 e. The Labute approximate surface area is 177 Å². The summed E-state index contributed by atoms with van der Waals surface area (Å²) < 4.78 is 5.21. The number of aryl methyl sites for hydroxylation is 1. The Hall–Kier alpha value is -2.61. The highest BCUT2D eigenvalue weighted by Gasteiger charge is 2.15. The van der Waals surface area contributed by atoms with Crippen LogP contribution < -0.4 is 16.0 Å². The van der Waals surface area contributed by atoms with Crippen LogP contribution in [-0.2, 0) is 11.3 Å². The Morgan fingerprint density at radius 2 is 1.83 bits per heavy atom. The summed E-state index contributed by atoms with van der Waals surface area (Å²) in [5, 5.41) is 10.3. The Bertz CT molecular complexity index is 812. The lowest BCUT2D eigenvalue weighted by Crippen LogP contribution is -2.39. The first-order chi connectivity index (χ1) is 13.8. The number of ether oxygens (including phenoxy) is 1. The Morgan fingerprint density at radius 3 is 2.48 bits per heavy atom. The van der Waals surface area contributed by atoms with E-state index in [0.29, 0.717) is 19.6 Å². The second kappa shape index (κ2) is 10.8. The number of hydrogen-bond donors (Lipinski definition) is 3. The SMILES string of the molecule is CN=C(NCCCNC(=O)OC(C)(C)C)NCc1sc(-c2ccccc2)nc1C. The summed E-state index contributed by atoms with van der Waals surface area (Å²) in [5.41, 5.74) is 1.67. The van der Waals surface area contributed by atoms with Crippen LogP contribution in [0.4, 0.5) is 4.79 Å². The molecule has 0 spiro atoms. The largest absolute Gasteiger partial charge is 0.444 e. The van der Waals surface area contributed by atoms with Gasteiger partial charge in [0.1, 0.15) is 10.6 Å². The van der Waals surface area contributed by atoms with Crippen LogP contribution in [-0.4, -0.2) is 42.8 Å². The Balaban J connectivity index is 1.73. The van der Waals surface area contributed by atoms with Gasteiger partial charge in [-0.2, -0.15) is 0 Å². The average molecular weight is 418 g/mol. The number of amides is 1. The highest BCUT2D eigenvalue weighted by molar-refractivity contribution is 7.15. The number of nitrogens with one attached hydrogen (secondary N) is 3. The van der Waals surface area contributed by atoms with E-state index >= 15 is 0 Å². The molecule has 2 aromatic rings. The zero-order chi connectivity index (χ0) is 21.3. The van der Waals surface area contributed by atoms with Crippen LogP contribution in [0.15, 0.2) is 35.3 Å². The van der Waals surface area contributed by atoms with Crippen LogP contribution in [0.2, 0.25) is 0 Å². The quantitative estimate of drug-likeness (QED) is 0.363. The zero-order valence-electron chi connectivity index (χ0n) is 17.8. The first-order valence-electron chi connectivity index (χ1n) is 9.71. The van der Waals surface area contributed by atoms with E-state index in [9.17, 15) is 4.79 Å². The third-order valence-electron chi connectivity index (χ3n) is 3.87. The monoisotopic (exact) mass is 417 g/mol. The van der Waals surface area contributed by atoms with Crippen molar-refractivity contribution >= 4 is 23.4 Å². The third kappa shape index (κ3) is 8.11. The predicted molar refractivity (Wildman–Crippen MR) is 119 cm³/mol. The van der Waals surface area contributed by atoms with Gasteiger partial charge in [-0.3, -0.25) is 4.99 Å². The van der Waals surface area contributed by atoms with Gasteiger partial charge in [0.2, 0.25) is 0 Å². The van der Waals surface area contributed by atoms with E-state index in [-0.39, 0.29) is 0 Å². The molecular weight excluding hydrogens is 386 g/mol. The van der Waals surface area contributed by atoms with E-state index in [1.165, 1.54) is 4.88 Å². The minimum atomic E-state index is -0.483. The van der Waals surface area contributed by atoms with Crippen LogP contribution in [0.1, 0.15) is 37.8 Å². The van der Waals surface area contributed by atoms with Crippen LogP contribution in [0.25, 0.3) is 10.6 Å². The topological polar surface area (TPSA) is 87.6 Å². The molecule has 0 aliphatic heterocycles. The lowest BCUT2D eigenvalue weighted by Gasteiger charge is -2.19. The summed E-state index contributed by atoms with van der Waals surface area (Å²) in [6.07, 6.45) is 0.368. The van der Waals surface area contributed by atoms with Crippen molar-refractivity contribution in [2.75, 3.05) is 20.1 Å². The first kappa shape index (κ1) is 22.7. The number of rotatable bonds is 7. The van der Waals surface area contributed by atoms with Gasteiger partial charge in [0.25, 0.3) is 0 Å². The second-order valence-electron chi connectivity index (χ2n) is 7.53. The highest BCUT2D eigenvalue weighted by Crippen LogP contribution is 2.27. The molecule has 0 fully saturated rings. The van der Waals surface area contributed by atoms with Crippen LogP contribution in [0.5, 0.6) is 0 Å². The number of carbonyl (C=O) groups is 1. The third-order valence-corrected chi connectivity index (χ3v) is 5.07. The summed E-state index contributed by atoms with van der Waals surface area (Å²) in [6, 6.07) is 10.2. The fourth-order valence-corrected chi connectivity index (χ4v) is 3.49. The molecule has 1 aromatic carbocycles. The molecule has 158 valence electrons. The average Bonchev–Trinajstić information content (AvgIpc) is 3.04. The van der Waals surface area contributed by atoms with Gasteiger partial charge in [-0.25, -0.2) is 9.78 Å². The second-order valence-corrected chi connectivity index (χ2v) is 8.61. The molecule has 1 heterocycles. The summed E-state index contributed by atoms with van der Waals surface area (Å²) in [4.78, 5) is 21.7. The smallest absolute Gasteiger partial charge is 0.407 e. The fourth-order valence-electron chi connectivity index (χ4n) is 2.48. The molecule has 8 heteroatoms. The summed E-state index contributed by atoms with van der Waals surface area (Å²) in [6.45, 7) is 9.44. The van der Waals surface area contributed by atoms with Crippen molar-refractivity contribution in [2.45, 2.75) is 46.3 Å². The lowest BCUT2D eigenvalue weighted by atomic mass is 10.2. The molecule has 1 aromatic heterocycles. The molecule has 2 rings (SSSR count). The van der Waals surface area contributed by atoms with E-state index in [2.05, 4.69) is 38.1 Å². The normalized spacial score (nSPS) is 11.8. The van der Waals surface area contributed by atoms with Crippen molar-refractivity contribution in [3.05, 3.63) is 40.9 Å². The molecule has 7 nitrogen and oxygen atoms in total. The molecule has 0 unspecified atom stereocenters. The number of alkyl carbamates (subject to hydrolysis) is 1. The van der Waals surface area contributed by atoms with Crippen molar-refractivity contribution in [2.24, 2.45) is 4.99 Å². The number of nitrogens with zero attached hydrogens (tertiary/aromatic N) is 2. The molecule has 3 N–H and O–H groups in total. The van der Waals surface area contributed by atoms with Gasteiger partial charge in [-0.15, -0.1) is 11.3 Å². The number of guanidine groups is 1. The van der Waals surface area contributed by atoms with E-state index in [1.54, 1.807) is 18.4 Å². The van der Waals surface area contributed by atoms with Gasteiger partial charge < -0.3 is 20.7 Å². The molecule has 0 radical (unpaired) electrons. The van der Waals surface area contributed by atoms with Crippen molar-refractivity contribution in [3.8, 4) is 10.6 Å². The maximum absolute atomic E-state index is 11.6. The van der Waals surface area contributed by atoms with Crippen LogP contribution in [0, 0.1) is 6.92 Å². The van der Waals surface area contributed by atoms with E-state index in [1.807, 2.05) is 45.9 Å². The maximum Gasteiger partial charge on any atom is 0.407 e. The molecule has 0 saturated heterocycles. The number of carbonyl (C=O) groups excluding carboxylic acids is 1. The molecule has 0 atom stereocenters. The summed E-state index contributed by atoms with van der Waals surface area (Å²) in [7, 11) is 1.74. The van der Waals surface area contributed by atoms with Crippen LogP contribution in [0.3, 0.4) is 0 Å². The van der Waals surface area contributed by atoms with E-state index < -0.39 is 11.7 Å². The Morgan fingerprint density at radius 1 is 1.14 bits per heavy atom. The van der Waals surface area contributed by atoms with Crippen LogP contribution >= 0.6 is 11.3 Å². The standard InChI is InChI=1S/C21H31N5O2S/c1-15-17(29-18(26-15)16-10-7-6-8-11-16)14-25-19(22-5)23-12-9-13-24-20(27)28-21(2,3)4/h6-8,10-11H,9,12-14H2,1-5H3,(H,24,27)(H2,22,23,25). The molecule has 1 amide bonds. The van der Waals surface area contributed by atoms with Gasteiger partial charge in [0.05, 0.1) is 12.2 Å². The molecule has 0 aliphatic carbocycles. The predicted octanol–water partition coefficient (Wildman–Crippen LogP) is 3.70. The number of aromatic nitrogens is 1. The first-order valence-corrected chi connectivity index (χ1v) is 10.5. The van der Waals surface area contributed by atoms with Gasteiger partial charge >= 0.3 is 6.09 Å². The van der Waals surface area contributed by atoms with Gasteiger partial charge in [-0.05, 0) is 34.1 Å². The number of thiazole rings is 1.